The number of fused-ring (bicyclic) bond motifs is 1. The zero-order valence-electron chi connectivity index (χ0n) is 18.9. The Labute approximate surface area is 212 Å². The zero-order valence-corrected chi connectivity index (χ0v) is 21.3. The Hall–Kier alpha value is -2.69. The topological polar surface area (TPSA) is 81.1 Å². The van der Waals surface area contributed by atoms with Crippen LogP contribution in [-0.4, -0.2) is 78.4 Å². The van der Waals surface area contributed by atoms with Gasteiger partial charge in [-0.15, -0.1) is 24.0 Å². The van der Waals surface area contributed by atoms with Gasteiger partial charge in [0, 0.05) is 52.0 Å². The SMILES string of the molecule is CCNC(=NCCCCN1C(=O)c2ccccc2C1=O)N1CCN(c2ccccn2)CC1.I. The number of carbonyl (C=O) groups is 2. The van der Waals surface area contributed by atoms with Crippen LogP contribution in [0.5, 0.6) is 0 Å². The van der Waals surface area contributed by atoms with E-state index in [2.05, 4.69) is 27.0 Å². The third kappa shape index (κ3) is 5.82. The molecule has 8 nitrogen and oxygen atoms in total. The second kappa shape index (κ2) is 12.0. The number of amides is 2. The van der Waals surface area contributed by atoms with E-state index < -0.39 is 0 Å². The number of aromatic nitrogens is 1. The van der Waals surface area contributed by atoms with Gasteiger partial charge in [0.1, 0.15) is 5.82 Å². The summed E-state index contributed by atoms with van der Waals surface area (Å²) in [5, 5.41) is 3.39. The molecule has 2 amide bonds. The molecule has 176 valence electrons. The standard InChI is InChI=1S/C24H30N6O2.HI/c1-2-25-24(29-17-15-28(16-18-29)21-11-5-6-12-26-21)27-13-7-8-14-30-22(31)19-9-3-4-10-20(19)23(30)32;/h3-6,9-12H,2,7-8,13-18H2,1H3,(H,25,27);1H. The summed E-state index contributed by atoms with van der Waals surface area (Å²) in [5.41, 5.74) is 1.02. The molecule has 0 radical (unpaired) electrons. The van der Waals surface area contributed by atoms with Crippen LogP contribution >= 0.6 is 24.0 Å². The van der Waals surface area contributed by atoms with Crippen molar-refractivity contribution in [2.45, 2.75) is 19.8 Å². The average molecular weight is 562 g/mol. The number of hydrogen-bond donors (Lipinski definition) is 1. The van der Waals surface area contributed by atoms with Crippen molar-refractivity contribution < 1.29 is 9.59 Å². The summed E-state index contributed by atoms with van der Waals surface area (Å²) in [5.74, 6) is 1.57. The first-order valence-electron chi connectivity index (χ1n) is 11.3. The van der Waals surface area contributed by atoms with Crippen LogP contribution in [0.2, 0.25) is 0 Å². The molecular weight excluding hydrogens is 531 g/mol. The highest BCUT2D eigenvalue weighted by atomic mass is 127. The smallest absolute Gasteiger partial charge is 0.261 e. The number of benzene rings is 1. The van der Waals surface area contributed by atoms with Crippen molar-refractivity contribution in [1.29, 1.82) is 0 Å². The summed E-state index contributed by atoms with van der Waals surface area (Å²) in [6, 6.07) is 13.0. The van der Waals surface area contributed by atoms with Gasteiger partial charge in [-0.3, -0.25) is 19.5 Å². The van der Waals surface area contributed by atoms with Gasteiger partial charge in [0.2, 0.25) is 0 Å². The van der Waals surface area contributed by atoms with E-state index in [1.165, 1.54) is 4.90 Å². The van der Waals surface area contributed by atoms with Crippen LogP contribution in [0.1, 0.15) is 40.5 Å². The minimum Gasteiger partial charge on any atom is -0.357 e. The molecule has 2 aromatic rings. The van der Waals surface area contributed by atoms with Gasteiger partial charge in [0.25, 0.3) is 11.8 Å². The fourth-order valence-electron chi connectivity index (χ4n) is 4.12. The lowest BCUT2D eigenvalue weighted by Gasteiger charge is -2.37. The molecule has 0 atom stereocenters. The van der Waals surface area contributed by atoms with Crippen molar-refractivity contribution in [3.63, 3.8) is 0 Å². The van der Waals surface area contributed by atoms with Crippen LogP contribution in [0.3, 0.4) is 0 Å². The third-order valence-electron chi connectivity index (χ3n) is 5.82. The Balaban J connectivity index is 0.00000306. The molecule has 1 aromatic carbocycles. The quantitative estimate of drug-likeness (QED) is 0.184. The third-order valence-corrected chi connectivity index (χ3v) is 5.82. The van der Waals surface area contributed by atoms with Crippen LogP contribution in [0.25, 0.3) is 0 Å². The number of nitrogens with zero attached hydrogens (tertiary/aromatic N) is 5. The Morgan fingerprint density at radius 3 is 2.24 bits per heavy atom. The van der Waals surface area contributed by atoms with E-state index in [9.17, 15) is 9.59 Å². The lowest BCUT2D eigenvalue weighted by molar-refractivity contribution is 0.0652. The molecule has 33 heavy (non-hydrogen) atoms. The number of anilines is 1. The highest BCUT2D eigenvalue weighted by Gasteiger charge is 2.34. The van der Waals surface area contributed by atoms with Gasteiger partial charge in [0.05, 0.1) is 11.1 Å². The average Bonchev–Trinajstić information content (AvgIpc) is 3.09. The molecule has 0 unspecified atom stereocenters. The van der Waals surface area contributed by atoms with Crippen molar-refractivity contribution >= 4 is 47.6 Å². The van der Waals surface area contributed by atoms with Crippen LogP contribution in [-0.2, 0) is 0 Å². The molecule has 1 aromatic heterocycles. The first-order chi connectivity index (χ1) is 15.7. The largest absolute Gasteiger partial charge is 0.357 e. The van der Waals surface area contributed by atoms with Crippen LogP contribution in [0, 0.1) is 0 Å². The molecule has 1 fully saturated rings. The Kier molecular flexibility index (Phi) is 9.04. The molecule has 3 heterocycles. The number of aliphatic imine (C=N–C) groups is 1. The number of unbranched alkanes of at least 4 members (excludes halogenated alkanes) is 1. The van der Waals surface area contributed by atoms with Crippen LogP contribution in [0.4, 0.5) is 5.82 Å². The Morgan fingerprint density at radius 1 is 0.970 bits per heavy atom. The van der Waals surface area contributed by atoms with Crippen LogP contribution in [0.15, 0.2) is 53.7 Å². The van der Waals surface area contributed by atoms with E-state index >= 15 is 0 Å². The summed E-state index contributed by atoms with van der Waals surface area (Å²) in [7, 11) is 0. The highest BCUT2D eigenvalue weighted by Crippen LogP contribution is 2.22. The van der Waals surface area contributed by atoms with Crippen molar-refractivity contribution in [3.05, 3.63) is 59.8 Å². The number of halogens is 1. The second-order valence-electron chi connectivity index (χ2n) is 7.91. The molecule has 0 saturated carbocycles. The van der Waals surface area contributed by atoms with E-state index in [4.69, 9.17) is 4.99 Å². The maximum Gasteiger partial charge on any atom is 0.261 e. The molecule has 2 aliphatic rings. The predicted molar refractivity (Wildman–Crippen MR) is 140 cm³/mol. The van der Waals surface area contributed by atoms with Gasteiger partial charge < -0.3 is 15.1 Å². The van der Waals surface area contributed by atoms with E-state index in [0.29, 0.717) is 24.2 Å². The number of nitrogens with one attached hydrogen (secondary N) is 1. The first-order valence-corrected chi connectivity index (χ1v) is 11.3. The number of piperazine rings is 1. The normalized spacial score (nSPS) is 16.0. The number of carbonyl (C=O) groups excluding carboxylic acids is 2. The molecule has 0 aliphatic carbocycles. The lowest BCUT2D eigenvalue weighted by atomic mass is 10.1. The number of guanidine groups is 1. The minimum atomic E-state index is -0.187. The molecule has 1 saturated heterocycles. The highest BCUT2D eigenvalue weighted by molar-refractivity contribution is 14.0. The summed E-state index contributed by atoms with van der Waals surface area (Å²) in [4.78, 5) is 40.1. The summed E-state index contributed by atoms with van der Waals surface area (Å²) in [6.07, 6.45) is 3.38. The summed E-state index contributed by atoms with van der Waals surface area (Å²) in [6.45, 7) is 7.56. The molecule has 4 rings (SSSR count). The van der Waals surface area contributed by atoms with Gasteiger partial charge in [-0.1, -0.05) is 18.2 Å². The molecule has 1 N–H and O–H groups in total. The molecule has 0 spiro atoms. The summed E-state index contributed by atoms with van der Waals surface area (Å²) >= 11 is 0. The number of imide groups is 1. The Morgan fingerprint density at radius 2 is 1.64 bits per heavy atom. The minimum absolute atomic E-state index is 0. The number of hydrogen-bond acceptors (Lipinski definition) is 5. The van der Waals surface area contributed by atoms with Crippen molar-refractivity contribution in [3.8, 4) is 0 Å². The molecule has 0 bridgehead atoms. The second-order valence-corrected chi connectivity index (χ2v) is 7.91. The monoisotopic (exact) mass is 562 g/mol. The Bertz CT molecular complexity index is 941. The maximum atomic E-state index is 12.5. The lowest BCUT2D eigenvalue weighted by Crippen LogP contribution is -2.52. The van der Waals surface area contributed by atoms with Crippen molar-refractivity contribution in [2.24, 2.45) is 4.99 Å². The van der Waals surface area contributed by atoms with Crippen molar-refractivity contribution in [2.75, 3.05) is 50.7 Å². The van der Waals surface area contributed by atoms with Crippen molar-refractivity contribution in [1.82, 2.24) is 20.1 Å². The number of rotatable bonds is 7. The zero-order chi connectivity index (χ0) is 22.3. The molecule has 9 heteroatoms. The molecule has 2 aliphatic heterocycles. The summed E-state index contributed by atoms with van der Waals surface area (Å²) < 4.78 is 0. The van der Waals surface area contributed by atoms with E-state index in [1.54, 1.807) is 24.3 Å². The van der Waals surface area contributed by atoms with Gasteiger partial charge >= 0.3 is 0 Å². The van der Waals surface area contributed by atoms with Gasteiger partial charge in [-0.2, -0.15) is 0 Å². The predicted octanol–water partition coefficient (Wildman–Crippen LogP) is 2.86. The maximum absolute atomic E-state index is 12.5. The first kappa shape index (κ1) is 24.9. The van der Waals surface area contributed by atoms with E-state index in [1.807, 2.05) is 24.4 Å². The number of pyridine rings is 1. The van der Waals surface area contributed by atoms with Crippen LogP contribution < -0.4 is 10.2 Å². The van der Waals surface area contributed by atoms with E-state index in [-0.39, 0.29) is 35.8 Å². The fourth-order valence-corrected chi connectivity index (χ4v) is 4.12. The van der Waals surface area contributed by atoms with Gasteiger partial charge in [-0.25, -0.2) is 4.98 Å². The van der Waals surface area contributed by atoms with Gasteiger partial charge in [0.15, 0.2) is 5.96 Å². The molecular formula is C24H31IN6O2. The van der Waals surface area contributed by atoms with E-state index in [0.717, 1.165) is 57.3 Å². The van der Waals surface area contributed by atoms with Gasteiger partial charge in [-0.05, 0) is 44.0 Å². The fraction of sp³-hybridized carbons (Fsp3) is 0.417.